The quantitative estimate of drug-likeness (QED) is 0.687. The molecule has 1 aliphatic heterocycles. The maximum Gasteiger partial charge on any atom is 0.0509 e. The lowest BCUT2D eigenvalue weighted by molar-refractivity contribution is 0.174. The van der Waals surface area contributed by atoms with Gasteiger partial charge in [-0.1, -0.05) is 20.8 Å². The molecule has 12 heavy (non-hydrogen) atoms. The van der Waals surface area contributed by atoms with Crippen molar-refractivity contribution in [3.63, 3.8) is 0 Å². The van der Waals surface area contributed by atoms with Gasteiger partial charge in [-0.2, -0.15) is 0 Å². The third-order valence-corrected chi connectivity index (χ3v) is 2.42. The molecule has 0 amide bonds. The summed E-state index contributed by atoms with van der Waals surface area (Å²) in [6.07, 6.45) is 2.25. The standard InChI is InChI=1S/C10H21NO/c1-10(2,3)6-9(11)8-4-5-12-7-8/h8-9H,4-7,11H2,1-3H3. The maximum absolute atomic E-state index is 6.09. The number of nitrogens with two attached hydrogens (primary N) is 1. The number of hydrogen-bond donors (Lipinski definition) is 1. The van der Waals surface area contributed by atoms with Crippen molar-refractivity contribution in [3.8, 4) is 0 Å². The summed E-state index contributed by atoms with van der Waals surface area (Å²) in [5.74, 6) is 0.601. The van der Waals surface area contributed by atoms with Crippen molar-refractivity contribution in [2.45, 2.75) is 39.7 Å². The average molecular weight is 171 g/mol. The molecule has 1 aliphatic rings. The first-order chi connectivity index (χ1) is 5.49. The molecule has 0 bridgehead atoms. The number of hydrogen-bond acceptors (Lipinski definition) is 2. The van der Waals surface area contributed by atoms with Crippen LogP contribution in [0.4, 0.5) is 0 Å². The summed E-state index contributed by atoms with van der Waals surface area (Å²) in [6.45, 7) is 8.49. The molecule has 2 unspecified atom stereocenters. The van der Waals surface area contributed by atoms with Crippen LogP contribution in [0.5, 0.6) is 0 Å². The second-order valence-corrected chi connectivity index (χ2v) is 5.05. The lowest BCUT2D eigenvalue weighted by Gasteiger charge is -2.26. The minimum absolute atomic E-state index is 0.326. The Labute approximate surface area is 75.5 Å². The molecule has 2 nitrogen and oxygen atoms in total. The summed E-state index contributed by atoms with van der Waals surface area (Å²) in [4.78, 5) is 0. The second kappa shape index (κ2) is 3.75. The smallest absolute Gasteiger partial charge is 0.0509 e. The first-order valence-corrected chi connectivity index (χ1v) is 4.82. The van der Waals surface area contributed by atoms with Crippen molar-refractivity contribution in [1.29, 1.82) is 0 Å². The average Bonchev–Trinajstić information content (AvgIpc) is 2.32. The molecule has 1 heterocycles. The van der Waals surface area contributed by atoms with Crippen LogP contribution in [0, 0.1) is 11.3 Å². The molecule has 0 aromatic rings. The molecule has 0 saturated carbocycles. The lowest BCUT2D eigenvalue weighted by Crippen LogP contribution is -2.34. The zero-order chi connectivity index (χ0) is 9.19. The van der Waals surface area contributed by atoms with E-state index >= 15 is 0 Å². The molecule has 2 heteroatoms. The molecule has 0 aliphatic carbocycles. The summed E-state index contributed by atoms with van der Waals surface area (Å²) >= 11 is 0. The minimum atomic E-state index is 0.326. The van der Waals surface area contributed by atoms with Crippen LogP contribution in [0.15, 0.2) is 0 Å². The highest BCUT2D eigenvalue weighted by Gasteiger charge is 2.26. The Hall–Kier alpha value is -0.0800. The minimum Gasteiger partial charge on any atom is -0.381 e. The Morgan fingerprint density at radius 2 is 2.17 bits per heavy atom. The van der Waals surface area contributed by atoms with E-state index in [2.05, 4.69) is 20.8 Å². The van der Waals surface area contributed by atoms with E-state index < -0.39 is 0 Å². The Bertz CT molecular complexity index is 133. The van der Waals surface area contributed by atoms with Gasteiger partial charge in [-0.15, -0.1) is 0 Å². The molecule has 0 radical (unpaired) electrons. The monoisotopic (exact) mass is 171 g/mol. The number of rotatable bonds is 2. The van der Waals surface area contributed by atoms with Gasteiger partial charge in [0, 0.05) is 12.6 Å². The van der Waals surface area contributed by atoms with Gasteiger partial charge in [-0.3, -0.25) is 0 Å². The van der Waals surface area contributed by atoms with Crippen molar-refractivity contribution in [3.05, 3.63) is 0 Å². The molecule has 0 aromatic carbocycles. The van der Waals surface area contributed by atoms with Gasteiger partial charge in [0.25, 0.3) is 0 Å². The van der Waals surface area contributed by atoms with Gasteiger partial charge in [0.2, 0.25) is 0 Å². The van der Waals surface area contributed by atoms with Crippen LogP contribution in [-0.4, -0.2) is 19.3 Å². The fourth-order valence-corrected chi connectivity index (χ4v) is 1.76. The molecule has 2 N–H and O–H groups in total. The van der Waals surface area contributed by atoms with E-state index in [4.69, 9.17) is 10.5 Å². The largest absolute Gasteiger partial charge is 0.381 e. The van der Waals surface area contributed by atoms with Gasteiger partial charge in [-0.05, 0) is 24.2 Å². The Balaban J connectivity index is 2.31. The maximum atomic E-state index is 6.09. The van der Waals surface area contributed by atoms with E-state index in [1.807, 2.05) is 0 Å². The van der Waals surface area contributed by atoms with Crippen molar-refractivity contribution >= 4 is 0 Å². The van der Waals surface area contributed by atoms with Gasteiger partial charge in [0.1, 0.15) is 0 Å². The van der Waals surface area contributed by atoms with Gasteiger partial charge in [-0.25, -0.2) is 0 Å². The molecule has 0 spiro atoms. The summed E-state index contributed by atoms with van der Waals surface area (Å²) in [5.41, 5.74) is 6.43. The molecular formula is C10H21NO. The van der Waals surface area contributed by atoms with Crippen molar-refractivity contribution in [2.75, 3.05) is 13.2 Å². The summed E-state index contributed by atoms with van der Waals surface area (Å²) < 4.78 is 5.31. The summed E-state index contributed by atoms with van der Waals surface area (Å²) in [5, 5.41) is 0. The van der Waals surface area contributed by atoms with Gasteiger partial charge < -0.3 is 10.5 Å². The zero-order valence-electron chi connectivity index (χ0n) is 8.47. The SMILES string of the molecule is CC(C)(C)CC(N)C1CCOC1. The van der Waals surface area contributed by atoms with E-state index in [0.29, 0.717) is 17.4 Å². The van der Waals surface area contributed by atoms with Gasteiger partial charge >= 0.3 is 0 Å². The van der Waals surface area contributed by atoms with Crippen LogP contribution in [0.2, 0.25) is 0 Å². The first-order valence-electron chi connectivity index (χ1n) is 4.82. The Morgan fingerprint density at radius 1 is 1.50 bits per heavy atom. The second-order valence-electron chi connectivity index (χ2n) is 5.05. The first kappa shape index (κ1) is 10.0. The third-order valence-electron chi connectivity index (χ3n) is 2.42. The lowest BCUT2D eigenvalue weighted by atomic mass is 9.83. The third kappa shape index (κ3) is 3.11. The van der Waals surface area contributed by atoms with Crippen LogP contribution < -0.4 is 5.73 Å². The molecular weight excluding hydrogens is 150 g/mol. The van der Waals surface area contributed by atoms with Gasteiger partial charge in [0.15, 0.2) is 0 Å². The van der Waals surface area contributed by atoms with Crippen LogP contribution in [-0.2, 0) is 4.74 Å². The molecule has 2 atom stereocenters. The van der Waals surface area contributed by atoms with Crippen LogP contribution >= 0.6 is 0 Å². The topological polar surface area (TPSA) is 35.2 Å². The van der Waals surface area contributed by atoms with E-state index in [-0.39, 0.29) is 0 Å². The highest BCUT2D eigenvalue weighted by Crippen LogP contribution is 2.26. The van der Waals surface area contributed by atoms with Crippen molar-refractivity contribution in [2.24, 2.45) is 17.1 Å². The van der Waals surface area contributed by atoms with Gasteiger partial charge in [0.05, 0.1) is 6.61 Å². The highest BCUT2D eigenvalue weighted by molar-refractivity contribution is 4.80. The predicted molar refractivity (Wildman–Crippen MR) is 51.0 cm³/mol. The van der Waals surface area contributed by atoms with E-state index in [0.717, 1.165) is 26.1 Å². The molecule has 72 valence electrons. The van der Waals surface area contributed by atoms with Crippen LogP contribution in [0.1, 0.15) is 33.6 Å². The van der Waals surface area contributed by atoms with E-state index in [1.165, 1.54) is 0 Å². The van der Waals surface area contributed by atoms with E-state index in [1.54, 1.807) is 0 Å². The Kier molecular flexibility index (Phi) is 3.13. The predicted octanol–water partition coefficient (Wildman–Crippen LogP) is 1.79. The summed E-state index contributed by atoms with van der Waals surface area (Å²) in [6, 6.07) is 0.326. The van der Waals surface area contributed by atoms with Crippen molar-refractivity contribution in [1.82, 2.24) is 0 Å². The normalized spacial score (nSPS) is 27.5. The fourth-order valence-electron chi connectivity index (χ4n) is 1.76. The highest BCUT2D eigenvalue weighted by atomic mass is 16.5. The zero-order valence-corrected chi connectivity index (χ0v) is 8.47. The molecule has 0 aromatic heterocycles. The fraction of sp³-hybridized carbons (Fsp3) is 1.00. The van der Waals surface area contributed by atoms with Crippen LogP contribution in [0.25, 0.3) is 0 Å². The van der Waals surface area contributed by atoms with Crippen molar-refractivity contribution < 1.29 is 4.74 Å². The van der Waals surface area contributed by atoms with E-state index in [9.17, 15) is 0 Å². The van der Waals surface area contributed by atoms with Crippen LogP contribution in [0.3, 0.4) is 0 Å². The molecule has 1 saturated heterocycles. The molecule has 1 fully saturated rings. The number of ether oxygens (including phenoxy) is 1. The summed E-state index contributed by atoms with van der Waals surface area (Å²) in [7, 11) is 0. The Morgan fingerprint density at radius 3 is 2.58 bits per heavy atom. The molecule has 1 rings (SSSR count).